The molecule has 1 aliphatic rings. The Morgan fingerprint density at radius 1 is 0.941 bits per heavy atom. The van der Waals surface area contributed by atoms with Crippen molar-refractivity contribution in [1.29, 1.82) is 0 Å². The number of hydrogen-bond acceptors (Lipinski definition) is 2. The number of alkyl halides is 1. The van der Waals surface area contributed by atoms with Crippen LogP contribution < -0.4 is 5.73 Å². The Morgan fingerprint density at radius 2 is 1.29 bits per heavy atom. The molecule has 1 fully saturated rings. The van der Waals surface area contributed by atoms with E-state index in [1.807, 2.05) is 13.8 Å². The lowest BCUT2D eigenvalue weighted by Gasteiger charge is -2.45. The van der Waals surface area contributed by atoms with E-state index in [-0.39, 0.29) is 0 Å². The molecular formula is C13H24FNO2. The SMILES string of the molecule is CC1(C)C(C)(C)C(C)(F)[C@](N)(C(=O)O)C1(C)C. The van der Waals surface area contributed by atoms with E-state index in [4.69, 9.17) is 5.73 Å². The lowest BCUT2D eigenvalue weighted by atomic mass is 9.58. The molecule has 0 radical (unpaired) electrons. The molecule has 1 rings (SSSR count). The smallest absolute Gasteiger partial charge is 0.327 e. The van der Waals surface area contributed by atoms with E-state index >= 15 is 4.39 Å². The molecule has 0 aromatic heterocycles. The minimum Gasteiger partial charge on any atom is -0.480 e. The summed E-state index contributed by atoms with van der Waals surface area (Å²) in [5.41, 5.74) is -0.0929. The Balaban J connectivity index is 3.71. The van der Waals surface area contributed by atoms with Crippen molar-refractivity contribution < 1.29 is 14.3 Å². The number of carbonyl (C=O) groups is 1. The first-order valence-corrected chi connectivity index (χ1v) is 5.91. The number of halogens is 1. The molecule has 1 saturated carbocycles. The fourth-order valence-corrected chi connectivity index (χ4v) is 3.41. The Hall–Kier alpha value is -0.640. The van der Waals surface area contributed by atoms with Gasteiger partial charge in [-0.25, -0.2) is 4.39 Å². The van der Waals surface area contributed by atoms with Crippen LogP contribution in [0.5, 0.6) is 0 Å². The van der Waals surface area contributed by atoms with Gasteiger partial charge >= 0.3 is 5.97 Å². The Kier molecular flexibility index (Phi) is 2.57. The van der Waals surface area contributed by atoms with Gasteiger partial charge in [0.15, 0.2) is 5.54 Å². The topological polar surface area (TPSA) is 63.3 Å². The van der Waals surface area contributed by atoms with Gasteiger partial charge < -0.3 is 10.8 Å². The van der Waals surface area contributed by atoms with Gasteiger partial charge in [-0.2, -0.15) is 0 Å². The monoisotopic (exact) mass is 245 g/mol. The zero-order valence-corrected chi connectivity index (χ0v) is 11.8. The molecule has 3 nitrogen and oxygen atoms in total. The summed E-state index contributed by atoms with van der Waals surface area (Å²) in [7, 11) is 0. The van der Waals surface area contributed by atoms with E-state index in [1.165, 1.54) is 6.92 Å². The standard InChI is InChI=1S/C13H24FNO2/c1-9(2)10(3,4)12(7,14)13(15,8(16)17)11(9,5)6/h15H2,1-7H3,(H,16,17)/t12?,13-/m0/s1. The molecule has 0 spiro atoms. The van der Waals surface area contributed by atoms with Crippen LogP contribution >= 0.6 is 0 Å². The highest BCUT2D eigenvalue weighted by Crippen LogP contribution is 2.71. The lowest BCUT2D eigenvalue weighted by Crippen LogP contribution is -2.67. The third-order valence-corrected chi connectivity index (χ3v) is 6.36. The highest BCUT2D eigenvalue weighted by Gasteiger charge is 2.80. The Labute approximate surface area is 103 Å². The number of hydrogen-bond donors (Lipinski definition) is 2. The molecule has 17 heavy (non-hydrogen) atoms. The number of carboxylic acids is 1. The van der Waals surface area contributed by atoms with Crippen molar-refractivity contribution in [2.45, 2.75) is 59.7 Å². The molecule has 0 aliphatic heterocycles. The average molecular weight is 245 g/mol. The van der Waals surface area contributed by atoms with Gasteiger partial charge in [0.25, 0.3) is 0 Å². The summed E-state index contributed by atoms with van der Waals surface area (Å²) < 4.78 is 15.2. The summed E-state index contributed by atoms with van der Waals surface area (Å²) >= 11 is 0. The number of rotatable bonds is 1. The molecule has 2 atom stereocenters. The van der Waals surface area contributed by atoms with E-state index in [0.29, 0.717) is 0 Å². The minimum atomic E-state index is -1.99. The van der Waals surface area contributed by atoms with Crippen LogP contribution in [0.25, 0.3) is 0 Å². The van der Waals surface area contributed by atoms with Gasteiger partial charge in [-0.3, -0.25) is 4.79 Å². The molecule has 0 aromatic carbocycles. The predicted octanol–water partition coefficient (Wildman–Crippen LogP) is 2.59. The molecule has 1 aliphatic carbocycles. The summed E-state index contributed by atoms with van der Waals surface area (Å²) in [5.74, 6) is -1.27. The van der Waals surface area contributed by atoms with Crippen LogP contribution in [-0.4, -0.2) is 22.3 Å². The quantitative estimate of drug-likeness (QED) is 0.746. The van der Waals surface area contributed by atoms with Gasteiger partial charge in [-0.1, -0.05) is 41.5 Å². The molecule has 0 saturated heterocycles. The van der Waals surface area contributed by atoms with Crippen LogP contribution in [0, 0.1) is 16.2 Å². The van der Waals surface area contributed by atoms with E-state index < -0.39 is 33.4 Å². The van der Waals surface area contributed by atoms with E-state index in [0.717, 1.165) is 0 Å². The highest BCUT2D eigenvalue weighted by atomic mass is 19.1. The Morgan fingerprint density at radius 3 is 1.41 bits per heavy atom. The molecule has 3 N–H and O–H groups in total. The van der Waals surface area contributed by atoms with Gasteiger partial charge in [0.1, 0.15) is 5.67 Å². The first-order chi connectivity index (χ1) is 7.19. The van der Waals surface area contributed by atoms with Crippen molar-refractivity contribution >= 4 is 5.97 Å². The Bertz CT molecular complexity index is 344. The van der Waals surface area contributed by atoms with E-state index in [1.54, 1.807) is 27.7 Å². The van der Waals surface area contributed by atoms with Crippen LogP contribution in [0.4, 0.5) is 4.39 Å². The van der Waals surface area contributed by atoms with E-state index in [2.05, 4.69) is 0 Å². The number of nitrogens with two attached hydrogens (primary N) is 1. The lowest BCUT2D eigenvalue weighted by molar-refractivity contribution is -0.155. The molecule has 0 aromatic rings. The van der Waals surface area contributed by atoms with Gasteiger partial charge in [-0.15, -0.1) is 0 Å². The van der Waals surface area contributed by atoms with Crippen molar-refractivity contribution in [3.05, 3.63) is 0 Å². The maximum atomic E-state index is 15.2. The molecule has 0 heterocycles. The van der Waals surface area contributed by atoms with Gasteiger partial charge in [0.2, 0.25) is 0 Å². The summed E-state index contributed by atoms with van der Waals surface area (Å²) in [6.07, 6.45) is 0. The first kappa shape index (κ1) is 14.4. The minimum absolute atomic E-state index is 0.545. The van der Waals surface area contributed by atoms with Crippen molar-refractivity contribution in [2.24, 2.45) is 22.0 Å². The normalized spacial score (nSPS) is 42.4. The van der Waals surface area contributed by atoms with Crippen molar-refractivity contribution in [1.82, 2.24) is 0 Å². The van der Waals surface area contributed by atoms with Gasteiger partial charge in [-0.05, 0) is 12.3 Å². The fraction of sp³-hybridized carbons (Fsp3) is 0.923. The van der Waals surface area contributed by atoms with E-state index in [9.17, 15) is 9.90 Å². The summed E-state index contributed by atoms with van der Waals surface area (Å²) in [4.78, 5) is 11.6. The summed E-state index contributed by atoms with van der Waals surface area (Å²) in [5, 5.41) is 9.44. The second-order valence-corrected chi connectivity index (χ2v) is 6.99. The van der Waals surface area contributed by atoms with Crippen LogP contribution in [0.2, 0.25) is 0 Å². The zero-order chi connectivity index (χ0) is 14.1. The third-order valence-electron chi connectivity index (χ3n) is 6.36. The average Bonchev–Trinajstić information content (AvgIpc) is 2.17. The van der Waals surface area contributed by atoms with Crippen LogP contribution in [-0.2, 0) is 4.79 Å². The van der Waals surface area contributed by atoms with Crippen LogP contribution in [0.1, 0.15) is 48.5 Å². The van der Waals surface area contributed by atoms with Crippen molar-refractivity contribution in [3.8, 4) is 0 Å². The summed E-state index contributed by atoms with van der Waals surface area (Å²) in [6.45, 7) is 12.1. The molecule has 0 bridgehead atoms. The molecule has 100 valence electrons. The largest absolute Gasteiger partial charge is 0.480 e. The zero-order valence-electron chi connectivity index (χ0n) is 11.8. The molecule has 4 heteroatoms. The van der Waals surface area contributed by atoms with Crippen molar-refractivity contribution in [2.75, 3.05) is 0 Å². The maximum Gasteiger partial charge on any atom is 0.327 e. The second kappa shape index (κ2) is 3.02. The predicted molar refractivity (Wildman–Crippen MR) is 65.4 cm³/mol. The van der Waals surface area contributed by atoms with Crippen LogP contribution in [0.15, 0.2) is 0 Å². The van der Waals surface area contributed by atoms with Gasteiger partial charge in [0.05, 0.1) is 0 Å². The summed E-state index contributed by atoms with van der Waals surface area (Å²) in [6, 6.07) is 0. The van der Waals surface area contributed by atoms with Crippen molar-refractivity contribution in [3.63, 3.8) is 0 Å². The molecular weight excluding hydrogens is 221 g/mol. The highest BCUT2D eigenvalue weighted by molar-refractivity contribution is 5.83. The molecule has 1 unspecified atom stereocenters. The first-order valence-electron chi connectivity index (χ1n) is 5.91. The maximum absolute atomic E-state index is 15.2. The third kappa shape index (κ3) is 1.08. The van der Waals surface area contributed by atoms with Crippen LogP contribution in [0.3, 0.4) is 0 Å². The number of aliphatic carboxylic acids is 1. The second-order valence-electron chi connectivity index (χ2n) is 6.99. The van der Waals surface area contributed by atoms with Gasteiger partial charge in [0, 0.05) is 10.8 Å². The fourth-order valence-electron chi connectivity index (χ4n) is 3.41. The molecule has 0 amide bonds. The number of carboxylic acid groups (broad SMARTS) is 1.